The summed E-state index contributed by atoms with van der Waals surface area (Å²) in [6.07, 6.45) is 8.01. The number of rotatable bonds is 6. The Morgan fingerprint density at radius 2 is 1.97 bits per heavy atom. The number of carbonyl (C=O) groups excluding carboxylic acids is 1. The van der Waals surface area contributed by atoms with E-state index in [2.05, 4.69) is 54.4 Å². The molecule has 7 nitrogen and oxygen atoms in total. The monoisotopic (exact) mass is 456 g/mol. The zero-order valence-electron chi connectivity index (χ0n) is 20.4. The molecule has 4 heterocycles. The fraction of sp³-hybridized carbons (Fsp3) is 0.407. The molecule has 1 aliphatic rings. The molecule has 3 aromatic heterocycles. The average molecular weight is 457 g/mol. The van der Waals surface area contributed by atoms with Crippen LogP contribution in [0.2, 0.25) is 0 Å². The Bertz CT molecular complexity index is 1330. The molecule has 1 aromatic carbocycles. The number of aryl methyl sites for hydroxylation is 3. The first-order chi connectivity index (χ1) is 16.4. The molecule has 0 saturated carbocycles. The molecule has 0 aliphatic carbocycles. The molecule has 1 fully saturated rings. The van der Waals surface area contributed by atoms with Crippen LogP contribution in [0.1, 0.15) is 67.7 Å². The number of imidazole rings is 2. The molecule has 176 valence electrons. The fourth-order valence-electron chi connectivity index (χ4n) is 4.92. The van der Waals surface area contributed by atoms with Crippen LogP contribution < -0.4 is 0 Å². The molecule has 34 heavy (non-hydrogen) atoms. The maximum atomic E-state index is 13.3. The van der Waals surface area contributed by atoms with Gasteiger partial charge in [-0.2, -0.15) is 0 Å². The molecule has 0 radical (unpaired) electrons. The van der Waals surface area contributed by atoms with E-state index < -0.39 is 0 Å². The summed E-state index contributed by atoms with van der Waals surface area (Å²) < 4.78 is 4.14. The van der Waals surface area contributed by atoms with E-state index in [-0.39, 0.29) is 11.9 Å². The van der Waals surface area contributed by atoms with Crippen molar-refractivity contribution in [2.24, 2.45) is 0 Å². The van der Waals surface area contributed by atoms with Gasteiger partial charge in [0.15, 0.2) is 0 Å². The lowest BCUT2D eigenvalue weighted by Crippen LogP contribution is -2.31. The van der Waals surface area contributed by atoms with Gasteiger partial charge in [0.05, 0.1) is 29.1 Å². The van der Waals surface area contributed by atoms with Gasteiger partial charge in [0.25, 0.3) is 0 Å². The van der Waals surface area contributed by atoms with Gasteiger partial charge in [0.1, 0.15) is 11.6 Å². The molecule has 0 N–H and O–H groups in total. The normalized spacial score (nSPS) is 16.1. The highest BCUT2D eigenvalue weighted by molar-refractivity contribution is 5.79. The van der Waals surface area contributed by atoms with E-state index >= 15 is 0 Å². The number of fused-ring (bicyclic) bond motifs is 1. The molecule has 0 bridgehead atoms. The van der Waals surface area contributed by atoms with Crippen LogP contribution in [0.15, 0.2) is 49.1 Å². The molecular weight excluding hydrogens is 424 g/mol. The predicted molar refractivity (Wildman–Crippen MR) is 133 cm³/mol. The molecule has 1 atom stereocenters. The van der Waals surface area contributed by atoms with Gasteiger partial charge in [0, 0.05) is 37.8 Å². The summed E-state index contributed by atoms with van der Waals surface area (Å²) in [4.78, 5) is 29.3. The topological polar surface area (TPSA) is 68.8 Å². The summed E-state index contributed by atoms with van der Waals surface area (Å²) in [5, 5.41) is 0. The van der Waals surface area contributed by atoms with Crippen molar-refractivity contribution in [3.63, 3.8) is 0 Å². The zero-order chi connectivity index (χ0) is 23.8. The van der Waals surface area contributed by atoms with Gasteiger partial charge < -0.3 is 9.47 Å². The van der Waals surface area contributed by atoms with Gasteiger partial charge in [-0.15, -0.1) is 0 Å². The first-order valence-electron chi connectivity index (χ1n) is 12.1. The number of amides is 1. The van der Waals surface area contributed by atoms with Crippen LogP contribution >= 0.6 is 0 Å². The van der Waals surface area contributed by atoms with Crippen molar-refractivity contribution in [1.29, 1.82) is 0 Å². The number of aromatic nitrogens is 5. The van der Waals surface area contributed by atoms with Crippen molar-refractivity contribution in [3.8, 4) is 5.82 Å². The predicted octanol–water partition coefficient (Wildman–Crippen LogP) is 5.11. The Hall–Kier alpha value is -3.48. The Morgan fingerprint density at radius 1 is 1.15 bits per heavy atom. The van der Waals surface area contributed by atoms with Gasteiger partial charge in [0.2, 0.25) is 5.91 Å². The van der Waals surface area contributed by atoms with E-state index in [1.54, 1.807) is 0 Å². The number of carbonyl (C=O) groups is 1. The van der Waals surface area contributed by atoms with Crippen LogP contribution in [0.3, 0.4) is 0 Å². The summed E-state index contributed by atoms with van der Waals surface area (Å²) in [5.41, 5.74) is 5.50. The van der Waals surface area contributed by atoms with E-state index in [0.29, 0.717) is 18.9 Å². The lowest BCUT2D eigenvalue weighted by Gasteiger charge is -2.25. The van der Waals surface area contributed by atoms with Crippen molar-refractivity contribution >= 4 is 16.9 Å². The standard InChI is InChI=1S/C27H32N6O/c1-18(2)27-28-11-14-33(27)25-9-5-7-21(30-25)23-8-6-12-32(23)26(34)10-13-31-17-29-22-15-19(3)20(4)16-24(22)31/h5,7,9,11,14-18,23H,6,8,10,12-13H2,1-4H3. The van der Waals surface area contributed by atoms with Crippen molar-refractivity contribution in [3.05, 3.63) is 71.7 Å². The Kier molecular flexibility index (Phi) is 5.94. The fourth-order valence-corrected chi connectivity index (χ4v) is 4.92. The molecule has 4 aromatic rings. The molecule has 0 spiro atoms. The summed E-state index contributed by atoms with van der Waals surface area (Å²) in [6.45, 7) is 9.88. The summed E-state index contributed by atoms with van der Waals surface area (Å²) in [5.74, 6) is 2.32. The zero-order valence-corrected chi connectivity index (χ0v) is 20.4. The smallest absolute Gasteiger partial charge is 0.224 e. The second-order valence-electron chi connectivity index (χ2n) is 9.59. The quantitative estimate of drug-likeness (QED) is 0.404. The molecule has 1 aliphatic heterocycles. The Morgan fingerprint density at radius 3 is 2.79 bits per heavy atom. The highest BCUT2D eigenvalue weighted by Gasteiger charge is 2.31. The second-order valence-corrected chi connectivity index (χ2v) is 9.59. The highest BCUT2D eigenvalue weighted by Crippen LogP contribution is 2.32. The van der Waals surface area contributed by atoms with E-state index in [4.69, 9.17) is 4.98 Å². The van der Waals surface area contributed by atoms with Crippen LogP contribution in [0.4, 0.5) is 0 Å². The minimum Gasteiger partial charge on any atom is -0.334 e. The SMILES string of the molecule is Cc1cc2ncn(CCC(=O)N3CCCC3c3cccc(-n4ccnc4C(C)C)n3)c2cc1C. The maximum Gasteiger partial charge on any atom is 0.224 e. The van der Waals surface area contributed by atoms with Gasteiger partial charge in [-0.05, 0) is 62.1 Å². The van der Waals surface area contributed by atoms with Crippen molar-refractivity contribution in [2.75, 3.05) is 6.54 Å². The van der Waals surface area contributed by atoms with Gasteiger partial charge in [-0.25, -0.2) is 15.0 Å². The van der Waals surface area contributed by atoms with Gasteiger partial charge in [-0.1, -0.05) is 19.9 Å². The molecular formula is C27H32N6O. The van der Waals surface area contributed by atoms with Gasteiger partial charge >= 0.3 is 0 Å². The van der Waals surface area contributed by atoms with E-state index in [9.17, 15) is 4.79 Å². The minimum absolute atomic E-state index is 0.0166. The van der Waals surface area contributed by atoms with Crippen LogP contribution in [-0.4, -0.2) is 41.4 Å². The first-order valence-corrected chi connectivity index (χ1v) is 12.1. The molecule has 7 heteroatoms. The summed E-state index contributed by atoms with van der Waals surface area (Å²) in [7, 11) is 0. The maximum absolute atomic E-state index is 13.3. The van der Waals surface area contributed by atoms with Crippen LogP contribution in [-0.2, 0) is 11.3 Å². The Labute approximate surface area is 200 Å². The van der Waals surface area contributed by atoms with Crippen LogP contribution in [0, 0.1) is 13.8 Å². The third-order valence-electron chi connectivity index (χ3n) is 6.91. The summed E-state index contributed by atoms with van der Waals surface area (Å²) >= 11 is 0. The van der Waals surface area contributed by atoms with Crippen LogP contribution in [0.5, 0.6) is 0 Å². The average Bonchev–Trinajstić information content (AvgIpc) is 3.58. The lowest BCUT2D eigenvalue weighted by atomic mass is 10.1. The first kappa shape index (κ1) is 22.3. The number of nitrogens with zero attached hydrogens (tertiary/aromatic N) is 6. The lowest BCUT2D eigenvalue weighted by molar-refractivity contribution is -0.132. The van der Waals surface area contributed by atoms with Gasteiger partial charge in [-0.3, -0.25) is 9.36 Å². The van der Waals surface area contributed by atoms with Crippen molar-refractivity contribution in [1.82, 2.24) is 29.0 Å². The second kappa shape index (κ2) is 9.05. The molecule has 1 unspecified atom stereocenters. The number of pyridine rings is 1. The van der Waals surface area contributed by atoms with E-state index in [1.807, 2.05) is 46.4 Å². The largest absolute Gasteiger partial charge is 0.334 e. The summed E-state index contributed by atoms with van der Waals surface area (Å²) in [6, 6.07) is 10.4. The number of hydrogen-bond acceptors (Lipinski definition) is 4. The number of hydrogen-bond donors (Lipinski definition) is 0. The van der Waals surface area contributed by atoms with E-state index in [1.165, 1.54) is 11.1 Å². The third-order valence-corrected chi connectivity index (χ3v) is 6.91. The molecule has 5 rings (SSSR count). The third kappa shape index (κ3) is 4.11. The van der Waals surface area contributed by atoms with Crippen molar-refractivity contribution in [2.45, 2.75) is 65.5 Å². The highest BCUT2D eigenvalue weighted by atomic mass is 16.2. The molecule has 1 amide bonds. The number of likely N-dealkylation sites (tertiary alicyclic amines) is 1. The Balaban J connectivity index is 1.33. The van der Waals surface area contributed by atoms with Crippen LogP contribution in [0.25, 0.3) is 16.9 Å². The molecule has 1 saturated heterocycles. The van der Waals surface area contributed by atoms with E-state index in [0.717, 1.165) is 47.8 Å². The van der Waals surface area contributed by atoms with Crippen molar-refractivity contribution < 1.29 is 4.79 Å². The minimum atomic E-state index is 0.0166. The number of benzene rings is 1.